The summed E-state index contributed by atoms with van der Waals surface area (Å²) in [4.78, 5) is 11.8. The van der Waals surface area contributed by atoms with Crippen molar-refractivity contribution in [3.8, 4) is 0 Å². The third kappa shape index (κ3) is 2.63. The Hall–Kier alpha value is -0.730. The van der Waals surface area contributed by atoms with Gasteiger partial charge in [-0.1, -0.05) is 12.8 Å². The van der Waals surface area contributed by atoms with Crippen LogP contribution in [0.15, 0.2) is 0 Å². The third-order valence-electron chi connectivity index (χ3n) is 6.35. The summed E-state index contributed by atoms with van der Waals surface area (Å²) in [6, 6.07) is 0. The summed E-state index contributed by atoms with van der Waals surface area (Å²) < 4.78 is 30.8. The topological polar surface area (TPSA) is 83.5 Å². The van der Waals surface area contributed by atoms with Gasteiger partial charge in [0.2, 0.25) is 0 Å². The summed E-state index contributed by atoms with van der Waals surface area (Å²) in [6.45, 7) is 0. The SMILES string of the molecule is O=C(O)[C@@H]1O[C@H]2OC3(CCCCC3)O[C@@H]2[C@@H]2OC3(CCCCC3)O[C@H]21. The minimum Gasteiger partial charge on any atom is -0.479 e. The average Bonchev–Trinajstić information content (AvgIpc) is 3.13. The zero-order valence-electron chi connectivity index (χ0n) is 14.4. The summed E-state index contributed by atoms with van der Waals surface area (Å²) >= 11 is 0. The Kier molecular flexibility index (Phi) is 3.87. The first-order chi connectivity index (χ1) is 12.1. The first-order valence-electron chi connectivity index (χ1n) is 9.69. The van der Waals surface area contributed by atoms with E-state index in [2.05, 4.69) is 0 Å². The normalized spacial score (nSPS) is 44.6. The molecule has 140 valence electrons. The van der Waals surface area contributed by atoms with Gasteiger partial charge in [-0.25, -0.2) is 4.79 Å². The number of carboxylic acid groups (broad SMARTS) is 1. The average molecular weight is 354 g/mol. The lowest BCUT2D eigenvalue weighted by Crippen LogP contribution is -2.57. The van der Waals surface area contributed by atoms with Crippen LogP contribution in [0.3, 0.4) is 0 Å². The lowest BCUT2D eigenvalue weighted by Gasteiger charge is -2.35. The van der Waals surface area contributed by atoms with Gasteiger partial charge < -0.3 is 28.8 Å². The largest absolute Gasteiger partial charge is 0.479 e. The molecule has 0 aromatic rings. The predicted molar refractivity (Wildman–Crippen MR) is 83.6 cm³/mol. The molecular weight excluding hydrogens is 328 g/mol. The van der Waals surface area contributed by atoms with Crippen LogP contribution in [0.2, 0.25) is 0 Å². The van der Waals surface area contributed by atoms with Crippen LogP contribution in [0.25, 0.3) is 0 Å². The van der Waals surface area contributed by atoms with E-state index in [1.54, 1.807) is 0 Å². The van der Waals surface area contributed by atoms with Crippen molar-refractivity contribution in [1.82, 2.24) is 0 Å². The van der Waals surface area contributed by atoms with Crippen molar-refractivity contribution in [3.05, 3.63) is 0 Å². The molecule has 5 rings (SSSR count). The molecule has 3 saturated heterocycles. The number of aliphatic carboxylic acids is 1. The van der Waals surface area contributed by atoms with E-state index in [0.717, 1.165) is 57.8 Å². The second-order valence-electron chi connectivity index (χ2n) is 8.07. The molecule has 0 aromatic carbocycles. The molecule has 0 aromatic heterocycles. The molecule has 0 unspecified atom stereocenters. The molecular formula is C18H26O7. The maximum absolute atomic E-state index is 11.8. The van der Waals surface area contributed by atoms with Crippen LogP contribution in [0.5, 0.6) is 0 Å². The lowest BCUT2D eigenvalue weighted by molar-refractivity contribution is -0.251. The maximum atomic E-state index is 11.8. The Morgan fingerprint density at radius 2 is 1.24 bits per heavy atom. The molecule has 5 fully saturated rings. The van der Waals surface area contributed by atoms with Crippen LogP contribution in [0, 0.1) is 0 Å². The molecule has 3 aliphatic heterocycles. The fourth-order valence-electron chi connectivity index (χ4n) is 5.16. The van der Waals surface area contributed by atoms with E-state index < -0.39 is 48.2 Å². The van der Waals surface area contributed by atoms with E-state index in [0.29, 0.717) is 0 Å². The monoisotopic (exact) mass is 354 g/mol. The maximum Gasteiger partial charge on any atom is 0.335 e. The zero-order chi connectivity index (χ0) is 17.1. The molecule has 7 nitrogen and oxygen atoms in total. The van der Waals surface area contributed by atoms with E-state index in [1.165, 1.54) is 6.42 Å². The molecule has 0 bridgehead atoms. The molecule has 5 atom stereocenters. The van der Waals surface area contributed by atoms with Gasteiger partial charge in [-0.3, -0.25) is 0 Å². The quantitative estimate of drug-likeness (QED) is 0.773. The van der Waals surface area contributed by atoms with Gasteiger partial charge in [0.15, 0.2) is 24.0 Å². The highest BCUT2D eigenvalue weighted by Crippen LogP contribution is 2.50. The Morgan fingerprint density at radius 1 is 0.720 bits per heavy atom. The summed E-state index contributed by atoms with van der Waals surface area (Å²) in [6.07, 6.45) is 6.50. The number of ether oxygens (including phenoxy) is 5. The van der Waals surface area contributed by atoms with Gasteiger partial charge in [0.1, 0.15) is 18.3 Å². The van der Waals surface area contributed by atoms with Crippen LogP contribution >= 0.6 is 0 Å². The molecule has 2 saturated carbocycles. The first kappa shape index (κ1) is 16.4. The van der Waals surface area contributed by atoms with E-state index in [-0.39, 0.29) is 0 Å². The van der Waals surface area contributed by atoms with Crippen molar-refractivity contribution < 1.29 is 33.6 Å². The molecule has 5 aliphatic rings. The predicted octanol–water partition coefficient (Wildman–Crippen LogP) is 2.32. The fourth-order valence-corrected chi connectivity index (χ4v) is 5.16. The molecule has 25 heavy (non-hydrogen) atoms. The van der Waals surface area contributed by atoms with Crippen molar-refractivity contribution in [2.24, 2.45) is 0 Å². The fraction of sp³-hybridized carbons (Fsp3) is 0.944. The van der Waals surface area contributed by atoms with Crippen LogP contribution in [-0.4, -0.2) is 53.4 Å². The number of hydrogen-bond donors (Lipinski definition) is 1. The Bertz CT molecular complexity index is 538. The first-order valence-corrected chi connectivity index (χ1v) is 9.69. The van der Waals surface area contributed by atoms with Gasteiger partial charge in [0.05, 0.1) is 0 Å². The van der Waals surface area contributed by atoms with Crippen molar-refractivity contribution in [3.63, 3.8) is 0 Å². The van der Waals surface area contributed by atoms with Gasteiger partial charge in [0, 0.05) is 25.7 Å². The summed E-state index contributed by atoms with van der Waals surface area (Å²) in [5.41, 5.74) is 0. The molecule has 0 amide bonds. The van der Waals surface area contributed by atoms with Crippen molar-refractivity contribution >= 4 is 5.97 Å². The second kappa shape index (κ2) is 5.89. The molecule has 1 N–H and O–H groups in total. The molecule has 3 heterocycles. The summed E-state index contributed by atoms with van der Waals surface area (Å²) in [5.74, 6) is -2.35. The number of hydrogen-bond acceptors (Lipinski definition) is 6. The minimum absolute atomic E-state index is 0.417. The number of carboxylic acids is 1. The smallest absolute Gasteiger partial charge is 0.335 e. The highest BCUT2D eigenvalue weighted by atomic mass is 16.9. The van der Waals surface area contributed by atoms with Crippen molar-refractivity contribution in [1.29, 1.82) is 0 Å². The molecule has 2 aliphatic carbocycles. The summed E-state index contributed by atoms with van der Waals surface area (Å²) in [7, 11) is 0. The van der Waals surface area contributed by atoms with Crippen LogP contribution < -0.4 is 0 Å². The van der Waals surface area contributed by atoms with Crippen molar-refractivity contribution in [2.45, 2.75) is 106 Å². The van der Waals surface area contributed by atoms with Crippen LogP contribution in [0.1, 0.15) is 64.2 Å². The molecule has 7 heteroatoms. The van der Waals surface area contributed by atoms with E-state index in [9.17, 15) is 9.90 Å². The Morgan fingerprint density at radius 3 is 1.84 bits per heavy atom. The highest BCUT2D eigenvalue weighted by molar-refractivity contribution is 5.73. The van der Waals surface area contributed by atoms with Crippen LogP contribution in [0.4, 0.5) is 0 Å². The molecule has 2 spiro atoms. The van der Waals surface area contributed by atoms with E-state index in [1.807, 2.05) is 0 Å². The van der Waals surface area contributed by atoms with Crippen LogP contribution in [-0.2, 0) is 28.5 Å². The standard InChI is InChI=1S/C18H26O7/c19-15(20)13-11-12(23-17(22-11)7-3-1-4-8-17)14-16(21-13)25-18(24-14)9-5-2-6-10-18/h11-14,16H,1-10H2,(H,19,20)/t11-,12-,13-,14-,16+/m1/s1. The minimum atomic E-state index is -1.07. The third-order valence-corrected chi connectivity index (χ3v) is 6.35. The molecule has 0 radical (unpaired) electrons. The second-order valence-corrected chi connectivity index (χ2v) is 8.07. The van der Waals surface area contributed by atoms with Gasteiger partial charge in [-0.15, -0.1) is 0 Å². The van der Waals surface area contributed by atoms with Gasteiger partial charge >= 0.3 is 5.97 Å². The highest BCUT2D eigenvalue weighted by Gasteiger charge is 2.65. The number of carbonyl (C=O) groups is 1. The Balaban J connectivity index is 1.43. The number of fused-ring (bicyclic) bond motifs is 3. The van der Waals surface area contributed by atoms with E-state index in [4.69, 9.17) is 23.7 Å². The Labute approximate surface area is 146 Å². The summed E-state index contributed by atoms with van der Waals surface area (Å²) in [5, 5.41) is 9.64. The van der Waals surface area contributed by atoms with Gasteiger partial charge in [0.25, 0.3) is 0 Å². The van der Waals surface area contributed by atoms with E-state index >= 15 is 0 Å². The van der Waals surface area contributed by atoms with Gasteiger partial charge in [-0.05, 0) is 25.7 Å². The van der Waals surface area contributed by atoms with Gasteiger partial charge in [-0.2, -0.15) is 0 Å². The van der Waals surface area contributed by atoms with Crippen molar-refractivity contribution in [2.75, 3.05) is 0 Å². The zero-order valence-corrected chi connectivity index (χ0v) is 14.4. The lowest BCUT2D eigenvalue weighted by atomic mass is 9.94. The number of rotatable bonds is 1.